The minimum Gasteiger partial charge on any atom is -0.481 e. The topological polar surface area (TPSA) is 76.1 Å². The molecule has 0 unspecified atom stereocenters. The highest BCUT2D eigenvalue weighted by Crippen LogP contribution is 2.28. The smallest absolute Gasteiger partial charge is 0.410 e. The van der Waals surface area contributed by atoms with E-state index >= 15 is 0 Å². The van der Waals surface area contributed by atoms with Crippen molar-refractivity contribution in [3.05, 3.63) is 12.7 Å². The van der Waals surface area contributed by atoms with Gasteiger partial charge in [0.05, 0.1) is 19.5 Å². The van der Waals surface area contributed by atoms with Crippen molar-refractivity contribution in [1.82, 2.24) is 4.90 Å². The maximum atomic E-state index is 11.3. The van der Waals surface area contributed by atoms with Crippen LogP contribution < -0.4 is 0 Å². The van der Waals surface area contributed by atoms with Crippen molar-refractivity contribution in [2.75, 3.05) is 26.8 Å². The number of methoxy groups -OCH3 is 1. The van der Waals surface area contributed by atoms with Crippen molar-refractivity contribution in [2.24, 2.45) is 0 Å². The summed E-state index contributed by atoms with van der Waals surface area (Å²) in [6.07, 6.45) is 0.880. The van der Waals surface area contributed by atoms with Crippen molar-refractivity contribution in [3.8, 4) is 0 Å². The highest BCUT2D eigenvalue weighted by molar-refractivity contribution is 5.72. The second kappa shape index (κ2) is 4.98. The fraction of sp³-hybridized carbons (Fsp3) is 0.600. The Labute approximate surface area is 93.4 Å². The Balaban J connectivity index is 2.41. The monoisotopic (exact) mass is 229 g/mol. The molecule has 1 amide bonds. The van der Waals surface area contributed by atoms with Gasteiger partial charge in [0.15, 0.2) is 0 Å². The number of ether oxygens (including phenoxy) is 2. The van der Waals surface area contributed by atoms with Gasteiger partial charge in [-0.1, -0.05) is 12.7 Å². The summed E-state index contributed by atoms with van der Waals surface area (Å²) in [5.41, 5.74) is -0.765. The van der Waals surface area contributed by atoms with Gasteiger partial charge in [-0.3, -0.25) is 4.79 Å². The second-order valence-corrected chi connectivity index (χ2v) is 3.68. The van der Waals surface area contributed by atoms with E-state index in [1.807, 2.05) is 0 Å². The lowest BCUT2D eigenvalue weighted by Gasteiger charge is -2.47. The zero-order chi connectivity index (χ0) is 12.2. The lowest BCUT2D eigenvalue weighted by Crippen LogP contribution is -2.65. The number of rotatable bonds is 5. The molecule has 6 heteroatoms. The van der Waals surface area contributed by atoms with Crippen LogP contribution in [0, 0.1) is 0 Å². The molecule has 0 saturated carbocycles. The molecule has 0 bridgehead atoms. The van der Waals surface area contributed by atoms with E-state index in [1.165, 1.54) is 18.1 Å². The van der Waals surface area contributed by atoms with E-state index in [0.29, 0.717) is 0 Å². The van der Waals surface area contributed by atoms with Crippen molar-refractivity contribution in [2.45, 2.75) is 12.0 Å². The first-order valence-corrected chi connectivity index (χ1v) is 4.82. The number of aliphatic carboxylic acids is 1. The van der Waals surface area contributed by atoms with E-state index in [4.69, 9.17) is 14.6 Å². The molecule has 16 heavy (non-hydrogen) atoms. The lowest BCUT2D eigenvalue weighted by molar-refractivity contribution is -0.157. The molecular weight excluding hydrogens is 214 g/mol. The van der Waals surface area contributed by atoms with E-state index in [2.05, 4.69) is 6.58 Å². The minimum absolute atomic E-state index is 0.116. The normalized spacial score (nSPS) is 17.4. The van der Waals surface area contributed by atoms with Gasteiger partial charge in [0.2, 0.25) is 0 Å². The van der Waals surface area contributed by atoms with Gasteiger partial charge >= 0.3 is 12.1 Å². The first kappa shape index (κ1) is 12.5. The average molecular weight is 229 g/mol. The molecular formula is C10H15NO5. The van der Waals surface area contributed by atoms with E-state index in [-0.39, 0.29) is 26.1 Å². The molecule has 0 radical (unpaired) electrons. The maximum Gasteiger partial charge on any atom is 0.410 e. The highest BCUT2D eigenvalue weighted by Gasteiger charge is 2.47. The molecule has 90 valence electrons. The van der Waals surface area contributed by atoms with Crippen molar-refractivity contribution in [1.29, 1.82) is 0 Å². The summed E-state index contributed by atoms with van der Waals surface area (Å²) in [4.78, 5) is 23.3. The van der Waals surface area contributed by atoms with Crippen LogP contribution in [0.2, 0.25) is 0 Å². The van der Waals surface area contributed by atoms with Gasteiger partial charge in [0.25, 0.3) is 0 Å². The first-order chi connectivity index (χ1) is 7.53. The Morgan fingerprint density at radius 1 is 1.56 bits per heavy atom. The summed E-state index contributed by atoms with van der Waals surface area (Å²) in [7, 11) is 1.44. The number of amides is 1. The summed E-state index contributed by atoms with van der Waals surface area (Å²) < 4.78 is 9.92. The van der Waals surface area contributed by atoms with Crippen LogP contribution in [0.15, 0.2) is 12.7 Å². The lowest BCUT2D eigenvalue weighted by atomic mass is 9.90. The minimum atomic E-state index is -0.944. The molecule has 0 atom stereocenters. The molecule has 1 saturated heterocycles. The van der Waals surface area contributed by atoms with Gasteiger partial charge < -0.3 is 19.5 Å². The molecule has 6 nitrogen and oxygen atoms in total. The van der Waals surface area contributed by atoms with Crippen molar-refractivity contribution < 1.29 is 24.2 Å². The molecule has 1 fully saturated rings. The van der Waals surface area contributed by atoms with Crippen LogP contribution >= 0.6 is 0 Å². The largest absolute Gasteiger partial charge is 0.481 e. The Kier molecular flexibility index (Phi) is 3.89. The van der Waals surface area contributed by atoms with Gasteiger partial charge in [-0.2, -0.15) is 0 Å². The van der Waals surface area contributed by atoms with Gasteiger partial charge in [-0.15, -0.1) is 0 Å². The van der Waals surface area contributed by atoms with Crippen LogP contribution in [0.3, 0.4) is 0 Å². The van der Waals surface area contributed by atoms with E-state index in [0.717, 1.165) is 0 Å². The van der Waals surface area contributed by atoms with Crippen LogP contribution in [0.5, 0.6) is 0 Å². The maximum absolute atomic E-state index is 11.3. The second-order valence-electron chi connectivity index (χ2n) is 3.68. The number of carboxylic acids is 1. The van der Waals surface area contributed by atoms with Gasteiger partial charge in [0, 0.05) is 7.11 Å². The molecule has 1 N–H and O–H groups in total. The molecule has 0 aromatic carbocycles. The predicted octanol–water partition coefficient (Wildman–Crippen LogP) is 0.485. The van der Waals surface area contributed by atoms with Gasteiger partial charge in [0.1, 0.15) is 12.2 Å². The number of nitrogens with zero attached hydrogens (tertiary/aromatic N) is 1. The summed E-state index contributed by atoms with van der Waals surface area (Å²) in [5.74, 6) is -0.944. The van der Waals surface area contributed by atoms with E-state index in [1.54, 1.807) is 0 Å². The number of likely N-dealkylation sites (tertiary alicyclic amines) is 1. The number of hydrogen-bond acceptors (Lipinski definition) is 4. The zero-order valence-electron chi connectivity index (χ0n) is 9.14. The Hall–Kier alpha value is -1.56. The number of hydrogen-bond donors (Lipinski definition) is 1. The highest BCUT2D eigenvalue weighted by atomic mass is 16.6. The third-order valence-corrected chi connectivity index (χ3v) is 2.45. The molecule has 0 aliphatic carbocycles. The molecule has 0 aromatic rings. The average Bonchev–Trinajstić information content (AvgIpc) is 2.18. The summed E-state index contributed by atoms with van der Waals surface area (Å²) >= 11 is 0. The van der Waals surface area contributed by atoms with E-state index in [9.17, 15) is 9.59 Å². The number of carbonyl (C=O) groups is 2. The van der Waals surface area contributed by atoms with Gasteiger partial charge in [-0.05, 0) is 0 Å². The summed E-state index contributed by atoms with van der Waals surface area (Å²) in [6.45, 7) is 4.05. The Morgan fingerprint density at radius 3 is 2.62 bits per heavy atom. The van der Waals surface area contributed by atoms with Crippen molar-refractivity contribution in [3.63, 3.8) is 0 Å². The Morgan fingerprint density at radius 2 is 2.19 bits per heavy atom. The van der Waals surface area contributed by atoms with Crippen LogP contribution in [-0.4, -0.2) is 54.5 Å². The van der Waals surface area contributed by atoms with Crippen LogP contribution in [0.25, 0.3) is 0 Å². The fourth-order valence-corrected chi connectivity index (χ4v) is 1.59. The standard InChI is InChI=1S/C10H15NO5/c1-3-4-16-9(14)11-6-10(7-11,15-2)5-8(12)13/h3H,1,4-7H2,2H3,(H,12,13). The molecule has 1 aliphatic rings. The molecule has 0 spiro atoms. The summed E-state index contributed by atoms with van der Waals surface area (Å²) in [5, 5.41) is 8.68. The van der Waals surface area contributed by atoms with Crippen LogP contribution in [0.4, 0.5) is 4.79 Å². The van der Waals surface area contributed by atoms with Crippen LogP contribution in [0.1, 0.15) is 6.42 Å². The SMILES string of the molecule is C=CCOC(=O)N1CC(CC(=O)O)(OC)C1. The van der Waals surface area contributed by atoms with Crippen LogP contribution in [-0.2, 0) is 14.3 Å². The van der Waals surface area contributed by atoms with Crippen molar-refractivity contribution >= 4 is 12.1 Å². The van der Waals surface area contributed by atoms with E-state index < -0.39 is 17.7 Å². The third kappa shape index (κ3) is 2.73. The third-order valence-electron chi connectivity index (χ3n) is 2.45. The number of carboxylic acid groups (broad SMARTS) is 1. The fourth-order valence-electron chi connectivity index (χ4n) is 1.59. The molecule has 1 aliphatic heterocycles. The predicted molar refractivity (Wildman–Crippen MR) is 55.1 cm³/mol. The summed E-state index contributed by atoms with van der Waals surface area (Å²) in [6, 6.07) is 0. The molecule has 1 heterocycles. The molecule has 0 aromatic heterocycles. The quantitative estimate of drug-likeness (QED) is 0.694. The number of carbonyl (C=O) groups excluding carboxylic acids is 1. The first-order valence-electron chi connectivity index (χ1n) is 4.82. The van der Waals surface area contributed by atoms with Gasteiger partial charge in [-0.25, -0.2) is 4.79 Å². The Bertz CT molecular complexity index is 296. The molecule has 1 rings (SSSR count). The zero-order valence-corrected chi connectivity index (χ0v) is 9.14.